The quantitative estimate of drug-likeness (QED) is 0.660. The Morgan fingerprint density at radius 1 is 1.19 bits per heavy atom. The van der Waals surface area contributed by atoms with Crippen LogP contribution in [0.25, 0.3) is 10.9 Å². The number of anilines is 1. The summed E-state index contributed by atoms with van der Waals surface area (Å²) in [4.78, 5) is 17.3. The fraction of sp³-hybridized carbons (Fsp3) is 0.375. The zero-order valence-electron chi connectivity index (χ0n) is 18.4. The molecule has 2 aliphatic rings. The Bertz CT molecular complexity index is 1180. The molecule has 3 aromatic rings. The van der Waals surface area contributed by atoms with Gasteiger partial charge in [0.25, 0.3) is 0 Å². The highest BCUT2D eigenvalue weighted by molar-refractivity contribution is 5.92. The first kappa shape index (κ1) is 20.8. The monoisotopic (exact) mass is 438 g/mol. The van der Waals surface area contributed by atoms with Crippen LogP contribution in [0.3, 0.4) is 0 Å². The number of carbonyl (C=O) groups is 1. The van der Waals surface area contributed by atoms with E-state index < -0.39 is 6.04 Å². The number of rotatable bonds is 3. The topological polar surface area (TPSA) is 70.0 Å². The van der Waals surface area contributed by atoms with Gasteiger partial charge in [0, 0.05) is 54.9 Å². The van der Waals surface area contributed by atoms with Crippen molar-refractivity contribution in [2.45, 2.75) is 11.5 Å². The number of carbonyl (C=O) groups excluding carboxylic acids is 1. The summed E-state index contributed by atoms with van der Waals surface area (Å²) >= 11 is 0. The molecule has 168 valence electrons. The largest absolute Gasteiger partial charge is 0.497 e. The molecule has 2 aliphatic heterocycles. The molecule has 8 heteroatoms. The van der Waals surface area contributed by atoms with E-state index in [1.54, 1.807) is 12.0 Å². The lowest BCUT2D eigenvalue weighted by molar-refractivity contribution is 0.0274. The van der Waals surface area contributed by atoms with Crippen LogP contribution in [-0.4, -0.2) is 65.9 Å². The third kappa shape index (κ3) is 3.05. The van der Waals surface area contributed by atoms with Crippen molar-refractivity contribution >= 4 is 22.6 Å². The number of hydrogen-bond acceptors (Lipinski definition) is 4. The Balaban J connectivity index is 1.61. The van der Waals surface area contributed by atoms with Gasteiger partial charge in [-0.2, -0.15) is 0 Å². The van der Waals surface area contributed by atoms with Crippen LogP contribution in [0.15, 0.2) is 42.5 Å². The number of aryl methyl sites for hydroxylation is 1. The Morgan fingerprint density at radius 3 is 2.53 bits per heavy atom. The number of halogens is 1. The van der Waals surface area contributed by atoms with Crippen LogP contribution < -0.4 is 10.1 Å². The third-order valence-electron chi connectivity index (χ3n) is 6.82. The van der Waals surface area contributed by atoms with Crippen molar-refractivity contribution in [3.63, 3.8) is 0 Å². The van der Waals surface area contributed by atoms with E-state index in [-0.39, 0.29) is 23.9 Å². The van der Waals surface area contributed by atoms with Crippen molar-refractivity contribution in [2.75, 3.05) is 45.7 Å². The highest BCUT2D eigenvalue weighted by Crippen LogP contribution is 2.49. The molecule has 1 saturated heterocycles. The first-order valence-corrected chi connectivity index (χ1v) is 10.7. The number of aromatic nitrogens is 1. The average Bonchev–Trinajstić information content (AvgIpc) is 3.07. The normalized spacial score (nSPS) is 19.7. The Labute approximate surface area is 186 Å². The van der Waals surface area contributed by atoms with Gasteiger partial charge in [-0.3, -0.25) is 0 Å². The number of nitrogens with one attached hydrogen (secondary N) is 1. The number of amides is 2. The summed E-state index contributed by atoms with van der Waals surface area (Å²) in [6.07, 6.45) is 0. The van der Waals surface area contributed by atoms with Crippen LogP contribution >= 0.6 is 0 Å². The number of aliphatic hydroxyl groups is 1. The number of urea groups is 1. The van der Waals surface area contributed by atoms with Gasteiger partial charge >= 0.3 is 6.03 Å². The highest BCUT2D eigenvalue weighted by Gasteiger charge is 2.53. The van der Waals surface area contributed by atoms with Gasteiger partial charge < -0.3 is 29.5 Å². The minimum absolute atomic E-state index is 0.197. The van der Waals surface area contributed by atoms with Crippen LogP contribution in [0.5, 0.6) is 5.75 Å². The molecule has 0 unspecified atom stereocenters. The lowest BCUT2D eigenvalue weighted by Crippen LogP contribution is -2.66. The Kier molecular flexibility index (Phi) is 4.87. The minimum atomic E-state index is -0.495. The van der Waals surface area contributed by atoms with Crippen molar-refractivity contribution < 1.29 is 19.0 Å². The van der Waals surface area contributed by atoms with E-state index in [0.29, 0.717) is 12.2 Å². The molecule has 0 aliphatic carbocycles. The second-order valence-corrected chi connectivity index (χ2v) is 8.92. The lowest BCUT2D eigenvalue weighted by Gasteiger charge is -2.55. The zero-order chi connectivity index (χ0) is 22.6. The number of aliphatic hydroxyl groups excluding tert-OH is 1. The molecule has 0 bridgehead atoms. The molecule has 2 amide bonds. The van der Waals surface area contributed by atoms with E-state index in [2.05, 4.69) is 27.9 Å². The molecule has 1 spiro atoms. The first-order valence-electron chi connectivity index (χ1n) is 10.7. The highest BCUT2D eigenvalue weighted by atomic mass is 19.1. The van der Waals surface area contributed by atoms with Crippen molar-refractivity contribution in [1.29, 1.82) is 0 Å². The molecular formula is C24H27FN4O3. The van der Waals surface area contributed by atoms with Crippen molar-refractivity contribution in [3.05, 3.63) is 59.5 Å². The maximum absolute atomic E-state index is 13.3. The summed E-state index contributed by atoms with van der Waals surface area (Å²) in [6, 6.07) is 10.9. The third-order valence-corrected chi connectivity index (χ3v) is 6.82. The number of fused-ring (bicyclic) bond motifs is 4. The molecule has 1 fully saturated rings. The molecule has 1 atom stereocenters. The van der Waals surface area contributed by atoms with E-state index in [4.69, 9.17) is 4.74 Å². The van der Waals surface area contributed by atoms with Gasteiger partial charge in [0.2, 0.25) is 0 Å². The maximum atomic E-state index is 13.3. The van der Waals surface area contributed by atoms with E-state index in [9.17, 15) is 14.3 Å². The summed E-state index contributed by atoms with van der Waals surface area (Å²) in [7, 11) is 5.69. The van der Waals surface area contributed by atoms with Crippen LogP contribution in [0.4, 0.5) is 14.9 Å². The van der Waals surface area contributed by atoms with Gasteiger partial charge in [-0.1, -0.05) is 0 Å². The SMILES string of the molecule is COc1ccc2c3c(n(C)c2c1)[C@H](CO)N(C(=O)Nc1ccc(F)cc1)CC31CN(C)C1. The van der Waals surface area contributed by atoms with Crippen molar-refractivity contribution in [1.82, 2.24) is 14.4 Å². The molecule has 0 saturated carbocycles. The van der Waals surface area contributed by atoms with E-state index in [1.165, 1.54) is 29.8 Å². The van der Waals surface area contributed by atoms with Crippen molar-refractivity contribution in [2.24, 2.45) is 7.05 Å². The van der Waals surface area contributed by atoms with Crippen LogP contribution in [0.1, 0.15) is 17.3 Å². The molecule has 7 nitrogen and oxygen atoms in total. The Hall–Kier alpha value is -3.10. The fourth-order valence-electron chi connectivity index (χ4n) is 5.55. The summed E-state index contributed by atoms with van der Waals surface area (Å²) in [5.74, 6) is 0.405. The molecule has 5 rings (SSSR count). The number of methoxy groups -OCH3 is 1. The number of hydrogen-bond donors (Lipinski definition) is 2. The molecule has 2 aromatic carbocycles. The van der Waals surface area contributed by atoms with Crippen LogP contribution in [-0.2, 0) is 12.5 Å². The molecule has 2 N–H and O–H groups in total. The molecule has 3 heterocycles. The lowest BCUT2D eigenvalue weighted by atomic mass is 9.69. The van der Waals surface area contributed by atoms with Gasteiger partial charge in [0.15, 0.2) is 0 Å². The minimum Gasteiger partial charge on any atom is -0.497 e. The summed E-state index contributed by atoms with van der Waals surface area (Å²) < 4.78 is 20.8. The molecule has 0 radical (unpaired) electrons. The summed E-state index contributed by atoms with van der Waals surface area (Å²) in [5.41, 5.74) is 3.47. The number of nitrogens with zero attached hydrogens (tertiary/aromatic N) is 3. The Morgan fingerprint density at radius 2 is 1.91 bits per heavy atom. The fourth-order valence-corrected chi connectivity index (χ4v) is 5.55. The van der Waals surface area contributed by atoms with Crippen LogP contribution in [0.2, 0.25) is 0 Å². The van der Waals surface area contributed by atoms with E-state index in [1.807, 2.05) is 19.2 Å². The molecule has 32 heavy (non-hydrogen) atoms. The number of likely N-dealkylation sites (N-methyl/N-ethyl adjacent to an activating group) is 1. The van der Waals surface area contributed by atoms with Gasteiger partial charge in [-0.25, -0.2) is 9.18 Å². The standard InChI is InChI=1S/C24H27FN4O3/c1-27-12-24(13-27)14-29(23(31)26-16-6-4-15(25)5-7-16)20(11-30)22-21(24)18-9-8-17(32-3)10-19(18)28(22)2/h4-10,20,30H,11-14H2,1-3H3,(H,26,31)/t20-/m0/s1. The van der Waals surface area contributed by atoms with Gasteiger partial charge in [-0.05, 0) is 49.0 Å². The first-order chi connectivity index (χ1) is 15.4. The second kappa shape index (κ2) is 7.50. The zero-order valence-corrected chi connectivity index (χ0v) is 18.4. The number of benzene rings is 2. The second-order valence-electron chi connectivity index (χ2n) is 8.92. The average molecular weight is 439 g/mol. The van der Waals surface area contributed by atoms with E-state index >= 15 is 0 Å². The maximum Gasteiger partial charge on any atom is 0.322 e. The van der Waals surface area contributed by atoms with Crippen molar-refractivity contribution in [3.8, 4) is 5.75 Å². The smallest absolute Gasteiger partial charge is 0.322 e. The predicted molar refractivity (Wildman–Crippen MR) is 121 cm³/mol. The summed E-state index contributed by atoms with van der Waals surface area (Å²) in [6.45, 7) is 1.94. The van der Waals surface area contributed by atoms with E-state index in [0.717, 1.165) is 35.4 Å². The predicted octanol–water partition coefficient (Wildman–Crippen LogP) is 3.09. The van der Waals surface area contributed by atoms with Gasteiger partial charge in [0.05, 0.1) is 25.3 Å². The van der Waals surface area contributed by atoms with Gasteiger partial charge in [0.1, 0.15) is 11.6 Å². The molecular weight excluding hydrogens is 411 g/mol. The number of ether oxygens (including phenoxy) is 1. The van der Waals surface area contributed by atoms with Crippen LogP contribution in [0, 0.1) is 5.82 Å². The number of likely N-dealkylation sites (tertiary alicyclic amines) is 1. The summed E-state index contributed by atoms with van der Waals surface area (Å²) in [5, 5.41) is 14.4. The van der Waals surface area contributed by atoms with Gasteiger partial charge in [-0.15, -0.1) is 0 Å². The molecule has 1 aromatic heterocycles.